The summed E-state index contributed by atoms with van der Waals surface area (Å²) in [6.07, 6.45) is 2.40. The Hall–Kier alpha value is -3.81. The fourth-order valence-electron chi connectivity index (χ4n) is 5.72. The number of hydrogen-bond donors (Lipinski definition) is 1. The van der Waals surface area contributed by atoms with Gasteiger partial charge in [0.2, 0.25) is 11.8 Å². The number of rotatable bonds is 1. The van der Waals surface area contributed by atoms with E-state index < -0.39 is 41.6 Å². The Morgan fingerprint density at radius 1 is 1.09 bits per heavy atom. The lowest BCUT2D eigenvalue weighted by Crippen LogP contribution is -2.40. The summed E-state index contributed by atoms with van der Waals surface area (Å²) in [6, 6.07) is 6.58. The third kappa shape index (κ3) is 2.86. The number of aromatic hydroxyl groups is 1. The SMILES string of the molecule is COC(=O)N1C(=O)C2CC=C3C(c4ccccc4O)C4=C(CC3C2C1=O)C(=O)C=C(C)C4=O. The number of nitrogens with zero attached hydrogens (tertiary/aromatic N) is 1. The van der Waals surface area contributed by atoms with E-state index in [4.69, 9.17) is 0 Å². The molecular weight excluding hydrogens is 426 g/mol. The largest absolute Gasteiger partial charge is 0.508 e. The van der Waals surface area contributed by atoms with Crippen LogP contribution in [0.2, 0.25) is 0 Å². The van der Waals surface area contributed by atoms with Crippen molar-refractivity contribution in [2.75, 3.05) is 7.11 Å². The average Bonchev–Trinajstić information content (AvgIpc) is 3.06. The first kappa shape index (κ1) is 21.1. The van der Waals surface area contributed by atoms with Gasteiger partial charge in [-0.3, -0.25) is 19.2 Å². The van der Waals surface area contributed by atoms with Crippen molar-refractivity contribution in [1.29, 1.82) is 0 Å². The number of carbonyl (C=O) groups is 5. The second-order valence-electron chi connectivity index (χ2n) is 8.77. The first-order chi connectivity index (χ1) is 15.8. The van der Waals surface area contributed by atoms with Gasteiger partial charge in [-0.2, -0.15) is 4.90 Å². The van der Waals surface area contributed by atoms with Crippen LogP contribution in [-0.2, 0) is 23.9 Å². The van der Waals surface area contributed by atoms with Crippen LogP contribution in [0.15, 0.2) is 58.7 Å². The first-order valence-corrected chi connectivity index (χ1v) is 10.7. The fourth-order valence-corrected chi connectivity index (χ4v) is 5.72. The monoisotopic (exact) mass is 447 g/mol. The molecule has 1 heterocycles. The molecule has 1 aromatic rings. The number of ketones is 2. The van der Waals surface area contributed by atoms with Crippen molar-refractivity contribution < 1.29 is 33.8 Å². The highest BCUT2D eigenvalue weighted by molar-refractivity contribution is 6.24. The molecule has 1 saturated heterocycles. The van der Waals surface area contributed by atoms with E-state index in [0.29, 0.717) is 32.8 Å². The van der Waals surface area contributed by atoms with Crippen LogP contribution in [0.3, 0.4) is 0 Å². The molecule has 3 aliphatic carbocycles. The van der Waals surface area contributed by atoms with E-state index in [1.807, 2.05) is 6.08 Å². The number of methoxy groups -OCH3 is 1. The molecule has 33 heavy (non-hydrogen) atoms. The summed E-state index contributed by atoms with van der Waals surface area (Å²) in [6.45, 7) is 1.58. The van der Waals surface area contributed by atoms with Crippen LogP contribution >= 0.6 is 0 Å². The molecular formula is C25H21NO7. The predicted octanol–water partition coefficient (Wildman–Crippen LogP) is 2.59. The second-order valence-corrected chi connectivity index (χ2v) is 8.77. The molecule has 4 unspecified atom stereocenters. The Morgan fingerprint density at radius 3 is 2.52 bits per heavy atom. The van der Waals surface area contributed by atoms with Crippen molar-refractivity contribution >= 4 is 29.5 Å². The maximum atomic E-state index is 13.2. The van der Waals surface area contributed by atoms with Gasteiger partial charge in [0.15, 0.2) is 11.6 Å². The van der Waals surface area contributed by atoms with Crippen LogP contribution in [0.5, 0.6) is 5.75 Å². The van der Waals surface area contributed by atoms with Gasteiger partial charge in [0, 0.05) is 28.2 Å². The zero-order chi connectivity index (χ0) is 23.6. The molecule has 1 aromatic carbocycles. The number of fused-ring (bicyclic) bond motifs is 3. The summed E-state index contributed by atoms with van der Waals surface area (Å²) in [5.74, 6) is -4.79. The Balaban J connectivity index is 1.69. The molecule has 1 fully saturated rings. The van der Waals surface area contributed by atoms with E-state index in [0.717, 1.165) is 7.11 Å². The highest BCUT2D eigenvalue weighted by atomic mass is 16.5. The van der Waals surface area contributed by atoms with Crippen molar-refractivity contribution in [2.24, 2.45) is 17.8 Å². The van der Waals surface area contributed by atoms with E-state index in [1.54, 1.807) is 25.1 Å². The maximum absolute atomic E-state index is 13.2. The van der Waals surface area contributed by atoms with Gasteiger partial charge in [0.25, 0.3) is 0 Å². The molecule has 0 aromatic heterocycles. The fraction of sp³-hybridized carbons (Fsp3) is 0.320. The number of benzene rings is 1. The normalized spacial score (nSPS) is 28.7. The molecule has 0 saturated carbocycles. The lowest BCUT2D eigenvalue weighted by Gasteiger charge is -2.42. The quantitative estimate of drug-likeness (QED) is 0.399. The third-order valence-corrected chi connectivity index (χ3v) is 7.17. The predicted molar refractivity (Wildman–Crippen MR) is 114 cm³/mol. The van der Waals surface area contributed by atoms with Gasteiger partial charge in [-0.1, -0.05) is 29.8 Å². The van der Waals surface area contributed by atoms with Gasteiger partial charge >= 0.3 is 6.09 Å². The Morgan fingerprint density at radius 2 is 1.82 bits per heavy atom. The third-order valence-electron chi connectivity index (χ3n) is 7.17. The number of Topliss-reactive ketones (excluding diaryl/α,β-unsaturated/α-hetero) is 1. The Labute approximate surface area is 189 Å². The van der Waals surface area contributed by atoms with Gasteiger partial charge in [0.05, 0.1) is 18.9 Å². The summed E-state index contributed by atoms with van der Waals surface area (Å²) < 4.78 is 4.63. The number of phenolic OH excluding ortho intramolecular Hbond substituents is 1. The molecule has 1 N–H and O–H groups in total. The van der Waals surface area contributed by atoms with E-state index in [2.05, 4.69) is 4.74 Å². The van der Waals surface area contributed by atoms with Crippen molar-refractivity contribution in [3.63, 3.8) is 0 Å². The molecule has 3 amide bonds. The number of likely N-dealkylation sites (tertiary alicyclic amines) is 1. The van der Waals surface area contributed by atoms with Gasteiger partial charge in [-0.25, -0.2) is 4.79 Å². The second kappa shape index (κ2) is 7.37. The molecule has 0 bridgehead atoms. The summed E-state index contributed by atoms with van der Waals surface area (Å²) in [7, 11) is 1.10. The number of ether oxygens (including phenoxy) is 1. The van der Waals surface area contributed by atoms with E-state index in [-0.39, 0.29) is 30.2 Å². The smallest absolute Gasteiger partial charge is 0.423 e. The molecule has 4 aliphatic rings. The van der Waals surface area contributed by atoms with Crippen LogP contribution in [0.25, 0.3) is 0 Å². The van der Waals surface area contributed by atoms with Gasteiger partial charge < -0.3 is 9.84 Å². The van der Waals surface area contributed by atoms with Crippen molar-refractivity contribution in [3.05, 3.63) is 64.3 Å². The van der Waals surface area contributed by atoms with Crippen LogP contribution in [-0.4, -0.2) is 46.6 Å². The van der Waals surface area contributed by atoms with E-state index in [1.165, 1.54) is 12.1 Å². The molecule has 0 spiro atoms. The Bertz CT molecular complexity index is 1250. The lowest BCUT2D eigenvalue weighted by molar-refractivity contribution is -0.137. The number of amides is 3. The number of phenols is 1. The van der Waals surface area contributed by atoms with Crippen molar-refractivity contribution in [2.45, 2.75) is 25.7 Å². The van der Waals surface area contributed by atoms with E-state index >= 15 is 0 Å². The number of hydrogen-bond acceptors (Lipinski definition) is 7. The van der Waals surface area contributed by atoms with Gasteiger partial charge in [0.1, 0.15) is 5.75 Å². The zero-order valence-corrected chi connectivity index (χ0v) is 18.0. The van der Waals surface area contributed by atoms with Gasteiger partial charge in [-0.05, 0) is 37.8 Å². The average molecular weight is 447 g/mol. The van der Waals surface area contributed by atoms with Crippen molar-refractivity contribution in [1.82, 2.24) is 4.90 Å². The highest BCUT2D eigenvalue weighted by Crippen LogP contribution is 2.56. The molecule has 4 atom stereocenters. The molecule has 5 rings (SSSR count). The summed E-state index contributed by atoms with van der Waals surface area (Å²) >= 11 is 0. The van der Waals surface area contributed by atoms with Gasteiger partial charge in [-0.15, -0.1) is 0 Å². The molecule has 8 nitrogen and oxygen atoms in total. The molecule has 0 radical (unpaired) electrons. The van der Waals surface area contributed by atoms with E-state index in [9.17, 15) is 29.1 Å². The molecule has 168 valence electrons. The summed E-state index contributed by atoms with van der Waals surface area (Å²) in [4.78, 5) is 64.9. The number of carbonyl (C=O) groups excluding carboxylic acids is 5. The van der Waals surface area contributed by atoms with Crippen molar-refractivity contribution in [3.8, 4) is 5.75 Å². The standard InChI is InChI=1S/C25H21NO7/c1-11-9-18(28)16-10-15-12(19(21(16)22(11)29)13-5-3-4-6-17(13)27)7-8-14-20(15)24(31)26(23(14)30)25(32)33-2/h3-7,9,14-15,19-20,27H,8,10H2,1-2H3. The minimum absolute atomic E-state index is 0.0320. The Kier molecular flexibility index (Phi) is 4.70. The van der Waals surface area contributed by atoms with Crippen LogP contribution in [0.4, 0.5) is 4.79 Å². The van der Waals surface area contributed by atoms with Crippen LogP contribution < -0.4 is 0 Å². The first-order valence-electron chi connectivity index (χ1n) is 10.7. The minimum atomic E-state index is -1.03. The number of allylic oxidation sites excluding steroid dienone is 6. The molecule has 1 aliphatic heterocycles. The van der Waals surface area contributed by atoms with Crippen LogP contribution in [0.1, 0.15) is 31.2 Å². The minimum Gasteiger partial charge on any atom is -0.508 e. The zero-order valence-electron chi connectivity index (χ0n) is 18.0. The van der Waals surface area contributed by atoms with Crippen LogP contribution in [0, 0.1) is 17.8 Å². The molecule has 8 heteroatoms. The number of para-hydroxylation sites is 1. The number of imide groups is 3. The summed E-state index contributed by atoms with van der Waals surface area (Å²) in [5.41, 5.74) is 2.08. The highest BCUT2D eigenvalue weighted by Gasteiger charge is 2.58. The lowest BCUT2D eigenvalue weighted by atomic mass is 9.59. The maximum Gasteiger partial charge on any atom is 0.423 e. The topological polar surface area (TPSA) is 118 Å². The summed E-state index contributed by atoms with van der Waals surface area (Å²) in [5, 5.41) is 10.6.